The summed E-state index contributed by atoms with van der Waals surface area (Å²) in [6.07, 6.45) is 3.42. The number of pyridine rings is 1. The molecule has 1 heterocycles. The molecule has 0 bridgehead atoms. The number of hydrogen-bond acceptors (Lipinski definition) is 2. The summed E-state index contributed by atoms with van der Waals surface area (Å²) < 4.78 is 13.0. The molecule has 18 heavy (non-hydrogen) atoms. The summed E-state index contributed by atoms with van der Waals surface area (Å²) in [6.45, 7) is 0. The molecule has 1 unspecified atom stereocenters. The van der Waals surface area contributed by atoms with Crippen molar-refractivity contribution in [2.75, 3.05) is 0 Å². The summed E-state index contributed by atoms with van der Waals surface area (Å²) in [5, 5.41) is 10.5. The summed E-state index contributed by atoms with van der Waals surface area (Å²) in [4.78, 5) is 3.88. The van der Waals surface area contributed by atoms with Crippen LogP contribution in [0.15, 0.2) is 42.7 Å². The van der Waals surface area contributed by atoms with E-state index in [9.17, 15) is 9.50 Å². The first-order valence-electron chi connectivity index (χ1n) is 5.66. The van der Waals surface area contributed by atoms with E-state index in [1.807, 2.05) is 0 Å². The van der Waals surface area contributed by atoms with Crippen LogP contribution in [0.2, 0.25) is 5.02 Å². The van der Waals surface area contributed by atoms with Gasteiger partial charge in [0.15, 0.2) is 0 Å². The second kappa shape index (κ2) is 5.94. The Morgan fingerprint density at radius 2 is 2.11 bits per heavy atom. The Kier molecular flexibility index (Phi) is 4.28. The molecule has 0 spiro atoms. The Hall–Kier alpha value is -1.45. The van der Waals surface area contributed by atoms with Gasteiger partial charge >= 0.3 is 0 Å². The first kappa shape index (κ1) is 13.0. The Labute approximate surface area is 110 Å². The van der Waals surface area contributed by atoms with Crippen LogP contribution in [0.5, 0.6) is 0 Å². The zero-order valence-corrected chi connectivity index (χ0v) is 10.4. The monoisotopic (exact) mass is 265 g/mol. The normalized spacial score (nSPS) is 12.4. The van der Waals surface area contributed by atoms with Crippen LogP contribution in [-0.4, -0.2) is 16.2 Å². The van der Waals surface area contributed by atoms with Gasteiger partial charge in [0.25, 0.3) is 0 Å². The lowest BCUT2D eigenvalue weighted by Crippen LogP contribution is -2.14. The first-order valence-corrected chi connectivity index (χ1v) is 6.04. The second-order valence-corrected chi connectivity index (χ2v) is 4.57. The van der Waals surface area contributed by atoms with Crippen molar-refractivity contribution in [2.45, 2.75) is 18.9 Å². The van der Waals surface area contributed by atoms with Gasteiger partial charge in [-0.2, -0.15) is 0 Å². The summed E-state index contributed by atoms with van der Waals surface area (Å²) in [7, 11) is 0. The number of benzene rings is 1. The number of rotatable bonds is 4. The maximum Gasteiger partial charge on any atom is 0.123 e. The lowest BCUT2D eigenvalue weighted by molar-refractivity contribution is 0.175. The van der Waals surface area contributed by atoms with Crippen molar-refractivity contribution >= 4 is 11.6 Å². The van der Waals surface area contributed by atoms with E-state index in [1.165, 1.54) is 12.1 Å². The lowest BCUT2D eigenvalue weighted by atomic mass is 10.0. The van der Waals surface area contributed by atoms with Crippen LogP contribution in [0.25, 0.3) is 0 Å². The average Bonchev–Trinajstić information content (AvgIpc) is 2.32. The van der Waals surface area contributed by atoms with Gasteiger partial charge in [-0.3, -0.25) is 4.98 Å². The van der Waals surface area contributed by atoms with Crippen LogP contribution in [0, 0.1) is 5.82 Å². The van der Waals surface area contributed by atoms with Gasteiger partial charge in [0.1, 0.15) is 5.82 Å². The average molecular weight is 266 g/mol. The van der Waals surface area contributed by atoms with E-state index in [0.29, 0.717) is 17.9 Å². The number of aliphatic hydroxyl groups excluding tert-OH is 1. The van der Waals surface area contributed by atoms with Gasteiger partial charge in [0.2, 0.25) is 0 Å². The minimum Gasteiger partial charge on any atom is -0.392 e. The van der Waals surface area contributed by atoms with Gasteiger partial charge in [-0.15, -0.1) is 0 Å². The van der Waals surface area contributed by atoms with E-state index in [0.717, 1.165) is 11.1 Å². The van der Waals surface area contributed by atoms with Crippen LogP contribution in [0.1, 0.15) is 11.1 Å². The van der Waals surface area contributed by atoms with E-state index in [1.54, 1.807) is 30.6 Å². The number of nitrogens with zero attached hydrogens (tertiary/aromatic N) is 1. The molecule has 2 aromatic rings. The van der Waals surface area contributed by atoms with Crippen molar-refractivity contribution in [1.82, 2.24) is 4.98 Å². The third-order valence-electron chi connectivity index (χ3n) is 2.67. The van der Waals surface area contributed by atoms with Crippen molar-refractivity contribution < 1.29 is 9.50 Å². The maximum atomic E-state index is 13.0. The molecule has 4 heteroatoms. The fourth-order valence-corrected chi connectivity index (χ4v) is 2.03. The number of aliphatic hydroxyl groups is 1. The van der Waals surface area contributed by atoms with Gasteiger partial charge in [-0.25, -0.2) is 4.39 Å². The maximum absolute atomic E-state index is 13.0. The van der Waals surface area contributed by atoms with Crippen LogP contribution in [-0.2, 0) is 12.8 Å². The molecular weight excluding hydrogens is 253 g/mol. The third kappa shape index (κ3) is 3.52. The summed E-state index contributed by atoms with van der Waals surface area (Å²) in [6, 6.07) is 8.02. The summed E-state index contributed by atoms with van der Waals surface area (Å²) in [5.74, 6) is -0.290. The Bertz CT molecular complexity index is 533. The highest BCUT2D eigenvalue weighted by Crippen LogP contribution is 2.17. The van der Waals surface area contributed by atoms with Crippen molar-refractivity contribution in [3.63, 3.8) is 0 Å². The van der Waals surface area contributed by atoms with Gasteiger partial charge in [-0.05, 0) is 35.7 Å². The molecule has 1 atom stereocenters. The van der Waals surface area contributed by atoms with Gasteiger partial charge in [0.05, 0.1) is 11.1 Å². The van der Waals surface area contributed by atoms with E-state index < -0.39 is 6.10 Å². The van der Waals surface area contributed by atoms with Crippen LogP contribution in [0.3, 0.4) is 0 Å². The van der Waals surface area contributed by atoms with Crippen molar-refractivity contribution in [2.24, 2.45) is 0 Å². The molecule has 2 rings (SSSR count). The number of halogens is 2. The van der Waals surface area contributed by atoms with Gasteiger partial charge in [-0.1, -0.05) is 23.7 Å². The van der Waals surface area contributed by atoms with Gasteiger partial charge in [0, 0.05) is 18.8 Å². The Morgan fingerprint density at radius 1 is 1.28 bits per heavy atom. The Balaban J connectivity index is 2.01. The molecule has 0 saturated carbocycles. The standard InChI is InChI=1S/C14H13ClFNO/c15-14-9-17-5-4-11(14)8-13(18)7-10-2-1-3-12(16)6-10/h1-6,9,13,18H,7-8H2. The molecule has 1 aromatic carbocycles. The van der Waals surface area contributed by atoms with E-state index in [-0.39, 0.29) is 5.82 Å². The van der Waals surface area contributed by atoms with Crippen molar-refractivity contribution in [3.05, 3.63) is 64.7 Å². The van der Waals surface area contributed by atoms with Gasteiger partial charge < -0.3 is 5.11 Å². The highest BCUT2D eigenvalue weighted by atomic mass is 35.5. The van der Waals surface area contributed by atoms with Crippen LogP contribution in [0.4, 0.5) is 4.39 Å². The minimum absolute atomic E-state index is 0.290. The SMILES string of the molecule is OC(Cc1cccc(F)c1)Cc1ccncc1Cl. The molecule has 0 fully saturated rings. The zero-order valence-electron chi connectivity index (χ0n) is 9.68. The molecule has 2 nitrogen and oxygen atoms in total. The number of aromatic nitrogens is 1. The molecule has 0 saturated heterocycles. The van der Waals surface area contributed by atoms with E-state index >= 15 is 0 Å². The molecule has 0 aliphatic rings. The topological polar surface area (TPSA) is 33.1 Å². The molecule has 0 radical (unpaired) electrons. The number of hydrogen-bond donors (Lipinski definition) is 1. The predicted molar refractivity (Wildman–Crippen MR) is 69.1 cm³/mol. The third-order valence-corrected chi connectivity index (χ3v) is 3.01. The highest BCUT2D eigenvalue weighted by Gasteiger charge is 2.09. The summed E-state index contributed by atoms with van der Waals surface area (Å²) in [5.41, 5.74) is 1.61. The molecule has 1 N–H and O–H groups in total. The molecule has 0 aliphatic heterocycles. The summed E-state index contributed by atoms with van der Waals surface area (Å²) >= 11 is 5.96. The smallest absolute Gasteiger partial charge is 0.123 e. The molecule has 0 amide bonds. The second-order valence-electron chi connectivity index (χ2n) is 4.16. The predicted octanol–water partition coefficient (Wildman–Crippen LogP) is 3.02. The zero-order chi connectivity index (χ0) is 13.0. The van der Waals surface area contributed by atoms with Crippen LogP contribution >= 0.6 is 11.6 Å². The van der Waals surface area contributed by atoms with E-state index in [4.69, 9.17) is 11.6 Å². The first-order chi connectivity index (χ1) is 8.65. The quantitative estimate of drug-likeness (QED) is 0.922. The molecule has 1 aromatic heterocycles. The molecule has 0 aliphatic carbocycles. The fourth-order valence-electron chi connectivity index (χ4n) is 1.83. The Morgan fingerprint density at radius 3 is 2.83 bits per heavy atom. The largest absolute Gasteiger partial charge is 0.392 e. The molecular formula is C14H13ClFNO. The van der Waals surface area contributed by atoms with Crippen LogP contribution < -0.4 is 0 Å². The van der Waals surface area contributed by atoms with Crippen molar-refractivity contribution in [3.8, 4) is 0 Å². The fraction of sp³-hybridized carbons (Fsp3) is 0.214. The minimum atomic E-state index is -0.591. The highest BCUT2D eigenvalue weighted by molar-refractivity contribution is 6.31. The van der Waals surface area contributed by atoms with E-state index in [2.05, 4.69) is 4.98 Å². The lowest BCUT2D eigenvalue weighted by Gasteiger charge is -2.11. The molecule has 94 valence electrons. The van der Waals surface area contributed by atoms with Crippen molar-refractivity contribution in [1.29, 1.82) is 0 Å².